The van der Waals surface area contributed by atoms with Crippen molar-refractivity contribution in [2.45, 2.75) is 93.4 Å². The largest absolute Gasteiger partial charge is 0.0654 e. The van der Waals surface area contributed by atoms with Crippen molar-refractivity contribution in [1.29, 1.82) is 0 Å². The normalized spacial score (nSPS) is 16.0. The lowest BCUT2D eigenvalue weighted by Gasteiger charge is -2.37. The van der Waals surface area contributed by atoms with E-state index in [1.165, 1.54) is 44.9 Å². The lowest BCUT2D eigenvalue weighted by molar-refractivity contribution is 0.129. The molecule has 0 bridgehead atoms. The minimum Gasteiger partial charge on any atom is -0.0654 e. The Morgan fingerprint density at radius 1 is 0.722 bits per heavy atom. The van der Waals surface area contributed by atoms with Crippen molar-refractivity contribution in [3.05, 3.63) is 0 Å². The van der Waals surface area contributed by atoms with E-state index in [-0.39, 0.29) is 0 Å². The molecule has 0 heteroatoms. The molecule has 0 aliphatic heterocycles. The molecule has 0 N–H and O–H groups in total. The summed E-state index contributed by atoms with van der Waals surface area (Å²) in [5, 5.41) is 0. The van der Waals surface area contributed by atoms with Gasteiger partial charge in [-0.3, -0.25) is 0 Å². The predicted molar refractivity (Wildman–Crippen MR) is 84.9 cm³/mol. The highest BCUT2D eigenvalue weighted by Crippen LogP contribution is 2.39. The molecule has 18 heavy (non-hydrogen) atoms. The third-order valence-electron chi connectivity index (χ3n) is 4.88. The lowest BCUT2D eigenvalue weighted by atomic mass is 9.68. The summed E-state index contributed by atoms with van der Waals surface area (Å²) in [4.78, 5) is 0. The van der Waals surface area contributed by atoms with Crippen LogP contribution < -0.4 is 0 Å². The van der Waals surface area contributed by atoms with Crippen molar-refractivity contribution in [2.24, 2.45) is 23.2 Å². The van der Waals surface area contributed by atoms with Gasteiger partial charge in [-0.2, -0.15) is 0 Å². The van der Waals surface area contributed by atoms with Crippen molar-refractivity contribution in [3.8, 4) is 0 Å². The Morgan fingerprint density at radius 2 is 1.28 bits per heavy atom. The fourth-order valence-electron chi connectivity index (χ4n) is 3.72. The molecule has 0 heterocycles. The molecule has 0 nitrogen and oxygen atoms in total. The van der Waals surface area contributed by atoms with Crippen LogP contribution in [0.3, 0.4) is 0 Å². The van der Waals surface area contributed by atoms with Crippen molar-refractivity contribution >= 4 is 0 Å². The van der Waals surface area contributed by atoms with Crippen LogP contribution in [0, 0.1) is 23.2 Å². The monoisotopic (exact) mass is 254 g/mol. The first-order chi connectivity index (χ1) is 8.40. The summed E-state index contributed by atoms with van der Waals surface area (Å²) in [7, 11) is 0. The molecule has 0 aromatic rings. The van der Waals surface area contributed by atoms with Gasteiger partial charge in [-0.15, -0.1) is 0 Å². The van der Waals surface area contributed by atoms with Gasteiger partial charge in [-0.05, 0) is 29.6 Å². The first kappa shape index (κ1) is 18.0. The second kappa shape index (κ2) is 8.99. The minimum absolute atomic E-state index is 0.475. The molecule has 0 saturated carbocycles. The van der Waals surface area contributed by atoms with Crippen molar-refractivity contribution < 1.29 is 0 Å². The van der Waals surface area contributed by atoms with Gasteiger partial charge in [0.2, 0.25) is 0 Å². The van der Waals surface area contributed by atoms with Gasteiger partial charge in [-0.25, -0.2) is 0 Å². The summed E-state index contributed by atoms with van der Waals surface area (Å²) in [5.74, 6) is 2.80. The quantitative estimate of drug-likeness (QED) is 0.430. The molecular weight excluding hydrogens is 216 g/mol. The van der Waals surface area contributed by atoms with Gasteiger partial charge < -0.3 is 0 Å². The second-order valence-corrected chi connectivity index (χ2v) is 7.19. The Labute approximate surface area is 117 Å². The number of rotatable bonds is 9. The summed E-state index contributed by atoms with van der Waals surface area (Å²) in [6, 6.07) is 0. The average Bonchev–Trinajstić information content (AvgIpc) is 2.29. The highest BCUT2D eigenvalue weighted by atomic mass is 14.3. The third kappa shape index (κ3) is 6.25. The highest BCUT2D eigenvalue weighted by molar-refractivity contribution is 4.80. The maximum absolute atomic E-state index is 2.43. The Hall–Kier alpha value is 0. The Kier molecular flexibility index (Phi) is 8.99. The zero-order chi connectivity index (χ0) is 14.2. The van der Waals surface area contributed by atoms with E-state index < -0.39 is 0 Å². The van der Waals surface area contributed by atoms with Gasteiger partial charge in [0.1, 0.15) is 0 Å². The van der Waals surface area contributed by atoms with Crippen LogP contribution in [-0.4, -0.2) is 0 Å². The van der Waals surface area contributed by atoms with E-state index in [9.17, 15) is 0 Å². The maximum atomic E-state index is 2.43. The Balaban J connectivity index is 4.53. The molecule has 0 aliphatic rings. The lowest BCUT2D eigenvalue weighted by Crippen LogP contribution is -2.28. The van der Waals surface area contributed by atoms with Crippen LogP contribution in [0.15, 0.2) is 0 Å². The molecule has 0 radical (unpaired) electrons. The molecule has 2 unspecified atom stereocenters. The predicted octanol–water partition coefficient (Wildman–Crippen LogP) is 6.69. The topological polar surface area (TPSA) is 0 Å². The van der Waals surface area contributed by atoms with Gasteiger partial charge in [0.15, 0.2) is 0 Å². The van der Waals surface area contributed by atoms with Gasteiger partial charge in [-0.1, -0.05) is 87.0 Å². The summed E-state index contributed by atoms with van der Waals surface area (Å²) >= 11 is 0. The van der Waals surface area contributed by atoms with E-state index in [0.29, 0.717) is 5.41 Å². The summed E-state index contributed by atoms with van der Waals surface area (Å²) in [5.41, 5.74) is 0.475. The standard InChI is InChI=1S/C18H38/c1-8-12-16(14-13-15(9-2)10-3)17(11-4)18(5,6)7/h15-17H,8-14H2,1-7H3. The van der Waals surface area contributed by atoms with E-state index in [4.69, 9.17) is 0 Å². The fraction of sp³-hybridized carbons (Fsp3) is 1.00. The molecule has 0 spiro atoms. The number of hydrogen-bond donors (Lipinski definition) is 0. The molecule has 0 rings (SSSR count). The van der Waals surface area contributed by atoms with Gasteiger partial charge in [0.25, 0.3) is 0 Å². The molecule has 0 aromatic heterocycles. The zero-order valence-electron chi connectivity index (χ0n) is 14.2. The average molecular weight is 255 g/mol. The zero-order valence-corrected chi connectivity index (χ0v) is 14.2. The molecule has 0 saturated heterocycles. The first-order valence-electron chi connectivity index (χ1n) is 8.40. The van der Waals surface area contributed by atoms with Crippen molar-refractivity contribution in [3.63, 3.8) is 0 Å². The molecule has 0 fully saturated rings. The molecule has 110 valence electrons. The molecular formula is C18H38. The van der Waals surface area contributed by atoms with Crippen LogP contribution in [0.5, 0.6) is 0 Å². The Morgan fingerprint density at radius 3 is 1.61 bits per heavy atom. The number of hydrogen-bond acceptors (Lipinski definition) is 0. The fourth-order valence-corrected chi connectivity index (χ4v) is 3.72. The van der Waals surface area contributed by atoms with E-state index in [2.05, 4.69) is 48.5 Å². The van der Waals surface area contributed by atoms with E-state index in [0.717, 1.165) is 17.8 Å². The van der Waals surface area contributed by atoms with E-state index >= 15 is 0 Å². The highest BCUT2D eigenvalue weighted by Gasteiger charge is 2.30. The van der Waals surface area contributed by atoms with Crippen LogP contribution in [0.2, 0.25) is 0 Å². The van der Waals surface area contributed by atoms with Crippen LogP contribution in [0.1, 0.15) is 93.4 Å². The van der Waals surface area contributed by atoms with Gasteiger partial charge in [0, 0.05) is 0 Å². The smallest absolute Gasteiger partial charge is 0.0340 e. The van der Waals surface area contributed by atoms with Crippen LogP contribution in [0.25, 0.3) is 0 Å². The van der Waals surface area contributed by atoms with Crippen LogP contribution in [-0.2, 0) is 0 Å². The third-order valence-corrected chi connectivity index (χ3v) is 4.88. The summed E-state index contributed by atoms with van der Waals surface area (Å²) < 4.78 is 0. The van der Waals surface area contributed by atoms with E-state index in [1.807, 2.05) is 0 Å². The van der Waals surface area contributed by atoms with Crippen LogP contribution in [0.4, 0.5) is 0 Å². The SMILES string of the molecule is CCCC(CCC(CC)CC)C(CC)C(C)(C)C. The molecule has 0 aliphatic carbocycles. The maximum Gasteiger partial charge on any atom is -0.0340 e. The Bertz CT molecular complexity index is 183. The van der Waals surface area contributed by atoms with E-state index in [1.54, 1.807) is 0 Å². The summed E-state index contributed by atoms with van der Waals surface area (Å²) in [6.07, 6.45) is 9.75. The summed E-state index contributed by atoms with van der Waals surface area (Å²) in [6.45, 7) is 16.7. The molecule has 0 amide bonds. The molecule has 2 atom stereocenters. The van der Waals surface area contributed by atoms with Crippen molar-refractivity contribution in [2.75, 3.05) is 0 Å². The minimum atomic E-state index is 0.475. The first-order valence-corrected chi connectivity index (χ1v) is 8.40. The van der Waals surface area contributed by atoms with Crippen LogP contribution >= 0.6 is 0 Å². The van der Waals surface area contributed by atoms with Crippen molar-refractivity contribution in [1.82, 2.24) is 0 Å². The van der Waals surface area contributed by atoms with Gasteiger partial charge >= 0.3 is 0 Å². The second-order valence-electron chi connectivity index (χ2n) is 7.19. The molecule has 0 aromatic carbocycles. The van der Waals surface area contributed by atoms with Gasteiger partial charge in [0.05, 0.1) is 0 Å².